The smallest absolute Gasteiger partial charge is 0.303 e. The molecule has 3 N–H and O–H groups in total. The number of nitrogens with zero attached hydrogens (tertiary/aromatic N) is 1. The molecule has 0 amide bonds. The van der Waals surface area contributed by atoms with Gasteiger partial charge in [0.25, 0.3) is 0 Å². The number of aliphatic hydroxyl groups is 2. The molecule has 0 saturated carbocycles. The molecule has 2 rings (SSSR count). The molecule has 0 fully saturated rings. The van der Waals surface area contributed by atoms with Crippen LogP contribution in [0.1, 0.15) is 36.4 Å². The first-order chi connectivity index (χ1) is 8.11. The lowest BCUT2D eigenvalue weighted by Crippen LogP contribution is -2.27. The molecule has 1 aromatic carbocycles. The third-order valence-corrected chi connectivity index (χ3v) is 2.99. The van der Waals surface area contributed by atoms with Crippen molar-refractivity contribution >= 4 is 5.97 Å². The summed E-state index contributed by atoms with van der Waals surface area (Å²) in [4.78, 5) is 11.9. The maximum atomic E-state index is 10.4. The minimum Gasteiger partial charge on any atom is -0.481 e. The van der Waals surface area contributed by atoms with E-state index in [2.05, 4.69) is 0 Å². The summed E-state index contributed by atoms with van der Waals surface area (Å²) in [5, 5.41) is 28.5. The highest BCUT2D eigenvalue weighted by Crippen LogP contribution is 2.38. The Morgan fingerprint density at radius 3 is 2.18 bits per heavy atom. The van der Waals surface area contributed by atoms with Gasteiger partial charge in [-0.1, -0.05) is 24.3 Å². The molecule has 5 nitrogen and oxygen atoms in total. The van der Waals surface area contributed by atoms with Gasteiger partial charge in [-0.2, -0.15) is 0 Å². The summed E-state index contributed by atoms with van der Waals surface area (Å²) >= 11 is 0. The Morgan fingerprint density at radius 1 is 1.18 bits per heavy atom. The summed E-state index contributed by atoms with van der Waals surface area (Å²) in [7, 11) is 0. The molecule has 0 bridgehead atoms. The molecular weight excluding hydrogens is 222 g/mol. The van der Waals surface area contributed by atoms with E-state index < -0.39 is 18.4 Å². The molecule has 2 unspecified atom stereocenters. The average Bonchev–Trinajstić information content (AvgIpc) is 2.54. The Labute approximate surface area is 98.9 Å². The van der Waals surface area contributed by atoms with Gasteiger partial charge in [0.1, 0.15) is 12.5 Å². The van der Waals surface area contributed by atoms with E-state index in [-0.39, 0.29) is 6.42 Å². The predicted molar refractivity (Wildman–Crippen MR) is 59.9 cm³/mol. The van der Waals surface area contributed by atoms with Gasteiger partial charge in [0.05, 0.1) is 0 Å². The second kappa shape index (κ2) is 4.83. The Hall–Kier alpha value is -1.43. The highest BCUT2D eigenvalue weighted by atomic mass is 16.4. The monoisotopic (exact) mass is 237 g/mol. The van der Waals surface area contributed by atoms with Gasteiger partial charge >= 0.3 is 5.97 Å². The average molecular weight is 237 g/mol. The van der Waals surface area contributed by atoms with Crippen molar-refractivity contribution in [3.05, 3.63) is 35.4 Å². The van der Waals surface area contributed by atoms with E-state index in [0.29, 0.717) is 24.1 Å². The summed E-state index contributed by atoms with van der Waals surface area (Å²) in [6.45, 7) is 0.351. The summed E-state index contributed by atoms with van der Waals surface area (Å²) < 4.78 is 0. The Morgan fingerprint density at radius 2 is 1.71 bits per heavy atom. The van der Waals surface area contributed by atoms with Crippen LogP contribution in [0.15, 0.2) is 24.3 Å². The van der Waals surface area contributed by atoms with Crippen LogP contribution in [0.4, 0.5) is 0 Å². The largest absolute Gasteiger partial charge is 0.481 e. The van der Waals surface area contributed by atoms with Crippen molar-refractivity contribution in [2.45, 2.75) is 25.3 Å². The van der Waals surface area contributed by atoms with E-state index in [1.54, 1.807) is 24.3 Å². The fourth-order valence-corrected chi connectivity index (χ4v) is 2.13. The van der Waals surface area contributed by atoms with Gasteiger partial charge in [-0.15, -0.1) is 0 Å². The number of carboxylic acids is 1. The number of rotatable bonds is 4. The van der Waals surface area contributed by atoms with Crippen LogP contribution >= 0.6 is 0 Å². The van der Waals surface area contributed by atoms with Crippen molar-refractivity contribution in [3.8, 4) is 0 Å². The fraction of sp³-hybridized carbons (Fsp3) is 0.417. The van der Waals surface area contributed by atoms with Crippen LogP contribution in [0.2, 0.25) is 0 Å². The van der Waals surface area contributed by atoms with Gasteiger partial charge in [0, 0.05) is 24.1 Å². The molecule has 2 atom stereocenters. The summed E-state index contributed by atoms with van der Waals surface area (Å²) in [6.07, 6.45) is -1.27. The van der Waals surface area contributed by atoms with Crippen LogP contribution in [0.5, 0.6) is 0 Å². The molecule has 92 valence electrons. The molecular formula is C12H15NO4. The molecule has 0 spiro atoms. The zero-order valence-corrected chi connectivity index (χ0v) is 9.28. The maximum Gasteiger partial charge on any atom is 0.303 e. The molecule has 1 aliphatic heterocycles. The van der Waals surface area contributed by atoms with E-state index in [9.17, 15) is 15.0 Å². The minimum atomic E-state index is -0.870. The molecule has 0 saturated heterocycles. The zero-order valence-electron chi connectivity index (χ0n) is 9.28. The van der Waals surface area contributed by atoms with Crippen molar-refractivity contribution in [1.29, 1.82) is 0 Å². The van der Waals surface area contributed by atoms with E-state index in [1.807, 2.05) is 0 Å². The molecule has 17 heavy (non-hydrogen) atoms. The molecule has 0 aliphatic carbocycles. The number of carbonyl (C=O) groups is 1. The van der Waals surface area contributed by atoms with E-state index in [0.717, 1.165) is 0 Å². The van der Waals surface area contributed by atoms with E-state index in [1.165, 1.54) is 4.90 Å². The number of hydrogen-bond acceptors (Lipinski definition) is 4. The van der Waals surface area contributed by atoms with Gasteiger partial charge in [-0.25, -0.2) is 4.90 Å². The maximum absolute atomic E-state index is 10.4. The van der Waals surface area contributed by atoms with Crippen LogP contribution in [0.3, 0.4) is 0 Å². The zero-order chi connectivity index (χ0) is 12.4. The number of fused-ring (bicyclic) bond motifs is 1. The van der Waals surface area contributed by atoms with Crippen molar-refractivity contribution in [3.63, 3.8) is 0 Å². The van der Waals surface area contributed by atoms with Gasteiger partial charge in [0.15, 0.2) is 0 Å². The van der Waals surface area contributed by atoms with Crippen molar-refractivity contribution in [2.24, 2.45) is 0 Å². The SMILES string of the molecule is O=C(O)CCCN1C(O)c2ccccc2C1O. The standard InChI is InChI=1S/C12H15NO4/c14-10(15)6-3-7-13-11(16)8-4-1-2-5-9(8)12(13)17/h1-2,4-5,11-12,16-17H,3,6-7H2,(H,14,15). The number of aliphatic carboxylic acids is 1. The summed E-state index contributed by atoms with van der Waals surface area (Å²) in [6, 6.07) is 7.13. The Balaban J connectivity index is 2.05. The predicted octanol–water partition coefficient (Wildman–Crippen LogP) is 0.849. The van der Waals surface area contributed by atoms with Crippen molar-refractivity contribution in [1.82, 2.24) is 4.90 Å². The summed E-state index contributed by atoms with van der Waals surface area (Å²) in [5.74, 6) is -0.870. The molecule has 5 heteroatoms. The Kier molecular flexibility index (Phi) is 3.42. The van der Waals surface area contributed by atoms with E-state index in [4.69, 9.17) is 5.11 Å². The topological polar surface area (TPSA) is 81.0 Å². The van der Waals surface area contributed by atoms with Gasteiger partial charge in [0.2, 0.25) is 0 Å². The lowest BCUT2D eigenvalue weighted by atomic mass is 10.1. The first-order valence-electron chi connectivity index (χ1n) is 5.54. The lowest BCUT2D eigenvalue weighted by molar-refractivity contribution is -0.137. The number of aliphatic hydroxyl groups excluding tert-OH is 2. The second-order valence-corrected chi connectivity index (χ2v) is 4.11. The molecule has 1 aromatic rings. The van der Waals surface area contributed by atoms with Gasteiger partial charge in [-0.3, -0.25) is 4.79 Å². The van der Waals surface area contributed by atoms with Crippen molar-refractivity contribution in [2.75, 3.05) is 6.54 Å². The number of hydrogen-bond donors (Lipinski definition) is 3. The molecule has 0 radical (unpaired) electrons. The van der Waals surface area contributed by atoms with E-state index >= 15 is 0 Å². The van der Waals surface area contributed by atoms with Gasteiger partial charge in [-0.05, 0) is 6.42 Å². The highest BCUT2D eigenvalue weighted by Gasteiger charge is 2.35. The van der Waals surface area contributed by atoms with Crippen LogP contribution in [-0.2, 0) is 4.79 Å². The molecule has 1 aliphatic rings. The molecule has 1 heterocycles. The third kappa shape index (κ3) is 2.31. The molecule has 0 aromatic heterocycles. The summed E-state index contributed by atoms with van der Waals surface area (Å²) in [5.41, 5.74) is 1.38. The fourth-order valence-electron chi connectivity index (χ4n) is 2.13. The lowest BCUT2D eigenvalue weighted by Gasteiger charge is -2.23. The first kappa shape index (κ1) is 12.0. The minimum absolute atomic E-state index is 0.0340. The second-order valence-electron chi connectivity index (χ2n) is 4.11. The van der Waals surface area contributed by atoms with Crippen LogP contribution < -0.4 is 0 Å². The Bertz CT molecular complexity index is 392. The first-order valence-corrected chi connectivity index (χ1v) is 5.54. The number of benzene rings is 1. The number of carboxylic acid groups (broad SMARTS) is 1. The quantitative estimate of drug-likeness (QED) is 0.723. The van der Waals surface area contributed by atoms with Crippen LogP contribution in [0.25, 0.3) is 0 Å². The van der Waals surface area contributed by atoms with Crippen LogP contribution in [0, 0.1) is 0 Å². The van der Waals surface area contributed by atoms with Gasteiger partial charge < -0.3 is 15.3 Å². The normalized spacial score (nSPS) is 23.6. The highest BCUT2D eigenvalue weighted by molar-refractivity contribution is 5.66. The van der Waals surface area contributed by atoms with Crippen molar-refractivity contribution < 1.29 is 20.1 Å². The third-order valence-electron chi connectivity index (χ3n) is 2.99. The van der Waals surface area contributed by atoms with Crippen LogP contribution in [-0.4, -0.2) is 32.7 Å².